The van der Waals surface area contributed by atoms with Gasteiger partial charge in [-0.15, -0.1) is 11.8 Å². The molecule has 0 heterocycles. The lowest BCUT2D eigenvalue weighted by molar-refractivity contribution is -0.140. The number of nitrogens with one attached hydrogen (secondary N) is 1. The molecule has 3 aromatic carbocycles. The maximum Gasteiger partial charge on any atom is 0.243 e. The first-order chi connectivity index (χ1) is 16.7. The van der Waals surface area contributed by atoms with E-state index in [1.165, 1.54) is 0 Å². The summed E-state index contributed by atoms with van der Waals surface area (Å²) in [4.78, 5) is 28.8. The second-order valence-electron chi connectivity index (χ2n) is 9.57. The van der Waals surface area contributed by atoms with Gasteiger partial charge in [-0.2, -0.15) is 0 Å². The molecule has 0 aliphatic carbocycles. The number of carbonyl (C=O) groups is 2. The van der Waals surface area contributed by atoms with Crippen molar-refractivity contribution in [1.29, 1.82) is 0 Å². The van der Waals surface area contributed by atoms with E-state index in [1.54, 1.807) is 16.7 Å². The monoisotopic (exact) mass is 508 g/mol. The molecule has 3 aromatic rings. The molecule has 0 fully saturated rings. The topological polar surface area (TPSA) is 49.4 Å². The number of hydrogen-bond donors (Lipinski definition) is 1. The van der Waals surface area contributed by atoms with E-state index in [4.69, 9.17) is 11.6 Å². The zero-order valence-electron chi connectivity index (χ0n) is 20.5. The maximum atomic E-state index is 13.6. The second-order valence-corrected chi connectivity index (χ2v) is 11.0. The van der Waals surface area contributed by atoms with Gasteiger partial charge in [-0.3, -0.25) is 9.59 Å². The van der Waals surface area contributed by atoms with Crippen molar-refractivity contribution in [3.8, 4) is 0 Å². The van der Waals surface area contributed by atoms with Crippen LogP contribution in [0.4, 0.5) is 0 Å². The average molecular weight is 509 g/mol. The number of amides is 2. The van der Waals surface area contributed by atoms with Crippen LogP contribution in [0.25, 0.3) is 0 Å². The summed E-state index contributed by atoms with van der Waals surface area (Å²) in [7, 11) is 0. The van der Waals surface area contributed by atoms with Crippen LogP contribution in [0.5, 0.6) is 0 Å². The standard InChI is InChI=1S/C29H33ClN2O2S/c1-29(2,3)31-28(34)26(18-22-10-6-4-7-11-22)32(19-23-12-8-5-9-13-23)27(33)21-35-20-24-14-16-25(30)17-15-24/h4-17,26H,18-21H2,1-3H3,(H,31,34). The summed E-state index contributed by atoms with van der Waals surface area (Å²) in [6, 6.07) is 26.7. The van der Waals surface area contributed by atoms with Crippen LogP contribution in [0.3, 0.4) is 0 Å². The van der Waals surface area contributed by atoms with E-state index in [9.17, 15) is 9.59 Å². The van der Waals surface area contributed by atoms with Crippen LogP contribution in [-0.4, -0.2) is 34.0 Å². The minimum Gasteiger partial charge on any atom is -0.350 e. The van der Waals surface area contributed by atoms with E-state index in [1.807, 2.05) is 106 Å². The largest absolute Gasteiger partial charge is 0.350 e. The molecule has 0 radical (unpaired) electrons. The molecule has 0 saturated carbocycles. The van der Waals surface area contributed by atoms with E-state index >= 15 is 0 Å². The lowest BCUT2D eigenvalue weighted by atomic mass is 10.0. The molecule has 184 valence electrons. The SMILES string of the molecule is CC(C)(C)NC(=O)C(Cc1ccccc1)N(Cc1ccccc1)C(=O)CSCc1ccc(Cl)cc1. The van der Waals surface area contributed by atoms with E-state index < -0.39 is 11.6 Å². The summed E-state index contributed by atoms with van der Waals surface area (Å²) in [5, 5.41) is 3.79. The Hall–Kier alpha value is -2.76. The van der Waals surface area contributed by atoms with Crippen molar-refractivity contribution in [2.45, 2.75) is 51.1 Å². The molecule has 1 atom stereocenters. The van der Waals surface area contributed by atoms with E-state index in [2.05, 4.69) is 5.32 Å². The molecule has 0 aromatic heterocycles. The second kappa shape index (κ2) is 12.8. The third kappa shape index (κ3) is 9.08. The molecule has 1 N–H and O–H groups in total. The lowest BCUT2D eigenvalue weighted by Gasteiger charge is -2.34. The van der Waals surface area contributed by atoms with Crippen molar-refractivity contribution in [2.75, 3.05) is 5.75 Å². The van der Waals surface area contributed by atoms with Crippen LogP contribution in [0, 0.1) is 0 Å². The predicted octanol–water partition coefficient (Wildman–Crippen LogP) is 6.13. The summed E-state index contributed by atoms with van der Waals surface area (Å²) >= 11 is 7.53. The van der Waals surface area contributed by atoms with Crippen LogP contribution in [0.2, 0.25) is 5.02 Å². The van der Waals surface area contributed by atoms with E-state index in [-0.39, 0.29) is 17.6 Å². The van der Waals surface area contributed by atoms with Crippen molar-refractivity contribution in [1.82, 2.24) is 10.2 Å². The van der Waals surface area contributed by atoms with Gasteiger partial charge >= 0.3 is 0 Å². The fourth-order valence-corrected chi connectivity index (χ4v) is 4.70. The Morgan fingerprint density at radius 3 is 2.00 bits per heavy atom. The van der Waals surface area contributed by atoms with Gasteiger partial charge in [-0.05, 0) is 49.6 Å². The number of thioether (sulfide) groups is 1. The molecule has 3 rings (SSSR count). The van der Waals surface area contributed by atoms with Crippen LogP contribution < -0.4 is 5.32 Å². The molecule has 4 nitrogen and oxygen atoms in total. The Morgan fingerprint density at radius 1 is 0.857 bits per heavy atom. The fraction of sp³-hybridized carbons (Fsp3) is 0.310. The van der Waals surface area contributed by atoms with Gasteiger partial charge in [0, 0.05) is 29.3 Å². The van der Waals surface area contributed by atoms with E-state index in [0.717, 1.165) is 16.7 Å². The van der Waals surface area contributed by atoms with Crippen LogP contribution >= 0.6 is 23.4 Å². The van der Waals surface area contributed by atoms with Crippen molar-refractivity contribution in [3.05, 3.63) is 107 Å². The Bertz CT molecular complexity index is 1080. The number of benzene rings is 3. The zero-order chi connectivity index (χ0) is 25.3. The van der Waals surface area contributed by atoms with Crippen molar-refractivity contribution < 1.29 is 9.59 Å². The highest BCUT2D eigenvalue weighted by atomic mass is 35.5. The summed E-state index contributed by atoms with van der Waals surface area (Å²) in [6.07, 6.45) is 0.448. The predicted molar refractivity (Wildman–Crippen MR) is 146 cm³/mol. The van der Waals surface area contributed by atoms with Gasteiger partial charge in [0.2, 0.25) is 11.8 Å². The van der Waals surface area contributed by atoms with Crippen LogP contribution in [0.15, 0.2) is 84.9 Å². The number of halogens is 1. The average Bonchev–Trinajstić information content (AvgIpc) is 2.82. The molecule has 0 spiro atoms. The summed E-state index contributed by atoms with van der Waals surface area (Å²) in [6.45, 7) is 6.23. The van der Waals surface area contributed by atoms with Crippen molar-refractivity contribution >= 4 is 35.2 Å². The minimum atomic E-state index is -0.625. The molecule has 0 saturated heterocycles. The third-order valence-corrected chi connectivity index (χ3v) is 6.61. The number of nitrogens with zero attached hydrogens (tertiary/aromatic N) is 1. The Morgan fingerprint density at radius 2 is 1.43 bits per heavy atom. The molecule has 0 aliphatic heterocycles. The first kappa shape index (κ1) is 26.8. The summed E-state index contributed by atoms with van der Waals surface area (Å²) in [5.74, 6) is 0.773. The highest BCUT2D eigenvalue weighted by molar-refractivity contribution is 7.99. The summed E-state index contributed by atoms with van der Waals surface area (Å²) in [5.41, 5.74) is 2.70. The Balaban J connectivity index is 1.83. The molecule has 1 unspecified atom stereocenters. The molecule has 35 heavy (non-hydrogen) atoms. The van der Waals surface area contributed by atoms with E-state index in [0.29, 0.717) is 23.7 Å². The number of hydrogen-bond acceptors (Lipinski definition) is 3. The zero-order valence-corrected chi connectivity index (χ0v) is 22.1. The fourth-order valence-electron chi connectivity index (χ4n) is 3.71. The smallest absolute Gasteiger partial charge is 0.243 e. The van der Waals surface area contributed by atoms with Gasteiger partial charge in [0.15, 0.2) is 0 Å². The van der Waals surface area contributed by atoms with Gasteiger partial charge in [0.05, 0.1) is 5.75 Å². The summed E-state index contributed by atoms with van der Waals surface area (Å²) < 4.78 is 0. The molecule has 0 aliphatic rings. The molecule has 6 heteroatoms. The van der Waals surface area contributed by atoms with Crippen LogP contribution in [-0.2, 0) is 28.3 Å². The quantitative estimate of drug-likeness (QED) is 0.358. The lowest BCUT2D eigenvalue weighted by Crippen LogP contribution is -2.54. The van der Waals surface area contributed by atoms with Crippen molar-refractivity contribution in [3.63, 3.8) is 0 Å². The van der Waals surface area contributed by atoms with Gasteiger partial charge in [-0.1, -0.05) is 84.4 Å². The third-order valence-electron chi connectivity index (χ3n) is 5.37. The van der Waals surface area contributed by atoms with Gasteiger partial charge in [0.1, 0.15) is 6.04 Å². The Kier molecular flexibility index (Phi) is 9.82. The minimum absolute atomic E-state index is 0.0576. The normalized spacial score (nSPS) is 12.1. The van der Waals surface area contributed by atoms with Gasteiger partial charge in [0.25, 0.3) is 0 Å². The molecular formula is C29H33ClN2O2S. The number of carbonyl (C=O) groups excluding carboxylic acids is 2. The first-order valence-corrected chi connectivity index (χ1v) is 13.3. The van der Waals surface area contributed by atoms with Crippen LogP contribution in [0.1, 0.15) is 37.5 Å². The van der Waals surface area contributed by atoms with Gasteiger partial charge in [-0.25, -0.2) is 0 Å². The Labute approximate surface area is 218 Å². The molecular weight excluding hydrogens is 476 g/mol. The molecule has 2 amide bonds. The molecule has 0 bridgehead atoms. The maximum absolute atomic E-state index is 13.6. The van der Waals surface area contributed by atoms with Crippen molar-refractivity contribution in [2.24, 2.45) is 0 Å². The highest BCUT2D eigenvalue weighted by Gasteiger charge is 2.32. The van der Waals surface area contributed by atoms with Gasteiger partial charge < -0.3 is 10.2 Å². The number of rotatable bonds is 10. The first-order valence-electron chi connectivity index (χ1n) is 11.7. The highest BCUT2D eigenvalue weighted by Crippen LogP contribution is 2.20.